The first-order valence-corrected chi connectivity index (χ1v) is 8.19. The molecule has 0 bridgehead atoms. The molecule has 1 aliphatic rings. The number of benzene rings is 1. The van der Waals surface area contributed by atoms with Crippen LogP contribution in [0.4, 0.5) is 0 Å². The predicted molar refractivity (Wildman–Crippen MR) is 76.4 cm³/mol. The van der Waals surface area contributed by atoms with Crippen LogP contribution in [0.1, 0.15) is 36.8 Å². The number of nitrogens with one attached hydrogen (secondary N) is 1. The Morgan fingerprint density at radius 2 is 1.95 bits per heavy atom. The quantitative estimate of drug-likeness (QED) is 0.880. The van der Waals surface area contributed by atoms with Gasteiger partial charge in [-0.15, -0.1) is 0 Å². The molecule has 6 heteroatoms. The summed E-state index contributed by atoms with van der Waals surface area (Å²) >= 11 is 0. The molecule has 0 atom stereocenters. The second-order valence-corrected chi connectivity index (χ2v) is 7.04. The monoisotopic (exact) mass is 293 g/mol. The molecule has 1 aromatic rings. The van der Waals surface area contributed by atoms with Gasteiger partial charge in [0.15, 0.2) is 0 Å². The molecule has 0 amide bonds. The van der Waals surface area contributed by atoms with E-state index in [-0.39, 0.29) is 17.0 Å². The minimum Gasteiger partial charge on any atom is -0.328 e. The number of rotatable bonds is 3. The lowest BCUT2D eigenvalue weighted by Crippen LogP contribution is -2.40. The summed E-state index contributed by atoms with van der Waals surface area (Å²) in [4.78, 5) is 0.212. The zero-order valence-corrected chi connectivity index (χ0v) is 12.3. The first kappa shape index (κ1) is 15.0. The van der Waals surface area contributed by atoms with Gasteiger partial charge in [0.2, 0.25) is 10.0 Å². The van der Waals surface area contributed by atoms with Crippen LogP contribution in [-0.2, 0) is 10.0 Å². The molecular weight excluding hydrogens is 274 g/mol. The SMILES string of the molecule is Cc1cc(S(=O)(=O)NC2CCC(N)CC2)ccc1C#N. The Morgan fingerprint density at radius 3 is 2.50 bits per heavy atom. The van der Waals surface area contributed by atoms with Crippen molar-refractivity contribution in [3.05, 3.63) is 29.3 Å². The molecule has 2 rings (SSSR count). The molecule has 1 aliphatic carbocycles. The van der Waals surface area contributed by atoms with Crippen molar-refractivity contribution in [2.24, 2.45) is 5.73 Å². The molecule has 0 unspecified atom stereocenters. The highest BCUT2D eigenvalue weighted by molar-refractivity contribution is 7.89. The van der Waals surface area contributed by atoms with Crippen molar-refractivity contribution in [2.45, 2.75) is 49.6 Å². The van der Waals surface area contributed by atoms with E-state index in [2.05, 4.69) is 4.72 Å². The lowest BCUT2D eigenvalue weighted by molar-refractivity contribution is 0.373. The molecule has 0 aliphatic heterocycles. The summed E-state index contributed by atoms with van der Waals surface area (Å²) in [7, 11) is -3.53. The van der Waals surface area contributed by atoms with Gasteiger partial charge in [0, 0.05) is 12.1 Å². The van der Waals surface area contributed by atoms with Gasteiger partial charge in [-0.2, -0.15) is 5.26 Å². The summed E-state index contributed by atoms with van der Waals surface area (Å²) < 4.78 is 27.3. The van der Waals surface area contributed by atoms with E-state index in [1.54, 1.807) is 13.0 Å². The third-order valence-electron chi connectivity index (χ3n) is 3.72. The van der Waals surface area contributed by atoms with Crippen molar-refractivity contribution in [1.29, 1.82) is 5.26 Å². The van der Waals surface area contributed by atoms with Gasteiger partial charge in [-0.05, 0) is 56.4 Å². The normalized spacial score (nSPS) is 23.2. The molecule has 0 saturated heterocycles. The van der Waals surface area contributed by atoms with Crippen LogP contribution in [0.3, 0.4) is 0 Å². The van der Waals surface area contributed by atoms with E-state index >= 15 is 0 Å². The Hall–Kier alpha value is -1.42. The molecule has 1 aromatic carbocycles. The molecule has 0 heterocycles. The van der Waals surface area contributed by atoms with Crippen LogP contribution in [0.15, 0.2) is 23.1 Å². The van der Waals surface area contributed by atoms with Crippen LogP contribution in [-0.4, -0.2) is 20.5 Å². The summed E-state index contributed by atoms with van der Waals surface area (Å²) in [5, 5.41) is 8.87. The first-order valence-electron chi connectivity index (χ1n) is 6.71. The maximum Gasteiger partial charge on any atom is 0.240 e. The van der Waals surface area contributed by atoms with Gasteiger partial charge in [-0.25, -0.2) is 13.1 Å². The molecule has 5 nitrogen and oxygen atoms in total. The highest BCUT2D eigenvalue weighted by atomic mass is 32.2. The molecule has 0 aromatic heterocycles. The van der Waals surface area contributed by atoms with Gasteiger partial charge in [0.1, 0.15) is 0 Å². The van der Waals surface area contributed by atoms with Crippen LogP contribution in [0, 0.1) is 18.3 Å². The summed E-state index contributed by atoms with van der Waals surface area (Å²) in [6.07, 6.45) is 3.24. The second kappa shape index (κ2) is 5.92. The molecule has 1 fully saturated rings. The zero-order chi connectivity index (χ0) is 14.8. The van der Waals surface area contributed by atoms with E-state index in [1.807, 2.05) is 6.07 Å². The second-order valence-electron chi connectivity index (χ2n) is 5.32. The van der Waals surface area contributed by atoms with Gasteiger partial charge in [0.25, 0.3) is 0 Å². The zero-order valence-electron chi connectivity index (χ0n) is 11.5. The van der Waals surface area contributed by atoms with E-state index in [9.17, 15) is 8.42 Å². The summed E-state index contributed by atoms with van der Waals surface area (Å²) in [6, 6.07) is 6.73. The van der Waals surface area contributed by atoms with Crippen LogP contribution < -0.4 is 10.5 Å². The average molecular weight is 293 g/mol. The van der Waals surface area contributed by atoms with E-state index in [4.69, 9.17) is 11.0 Å². The number of sulfonamides is 1. The maximum absolute atomic E-state index is 12.3. The molecular formula is C14H19N3O2S. The number of nitrogens with two attached hydrogens (primary N) is 1. The van der Waals surface area contributed by atoms with Crippen molar-refractivity contribution in [2.75, 3.05) is 0 Å². The molecule has 20 heavy (non-hydrogen) atoms. The number of nitrogens with zero attached hydrogens (tertiary/aromatic N) is 1. The number of hydrogen-bond donors (Lipinski definition) is 2. The maximum atomic E-state index is 12.3. The predicted octanol–water partition coefficient (Wildman–Crippen LogP) is 1.41. The van der Waals surface area contributed by atoms with Crippen LogP contribution in [0.5, 0.6) is 0 Å². The Kier molecular flexibility index (Phi) is 4.43. The molecule has 0 radical (unpaired) electrons. The van der Waals surface area contributed by atoms with E-state index in [0.29, 0.717) is 11.1 Å². The Labute approximate surface area is 119 Å². The van der Waals surface area contributed by atoms with Gasteiger partial charge in [0.05, 0.1) is 16.5 Å². The smallest absolute Gasteiger partial charge is 0.240 e. The van der Waals surface area contributed by atoms with E-state index in [0.717, 1.165) is 25.7 Å². The summed E-state index contributed by atoms with van der Waals surface area (Å²) in [6.45, 7) is 1.73. The summed E-state index contributed by atoms with van der Waals surface area (Å²) in [5.41, 5.74) is 6.98. The molecule has 0 spiro atoms. The lowest BCUT2D eigenvalue weighted by atomic mass is 9.93. The largest absolute Gasteiger partial charge is 0.328 e. The van der Waals surface area contributed by atoms with E-state index < -0.39 is 10.0 Å². The van der Waals surface area contributed by atoms with Crippen LogP contribution >= 0.6 is 0 Å². The molecule has 3 N–H and O–H groups in total. The van der Waals surface area contributed by atoms with Crippen LogP contribution in [0.2, 0.25) is 0 Å². The number of hydrogen-bond acceptors (Lipinski definition) is 4. The van der Waals surface area contributed by atoms with Crippen molar-refractivity contribution < 1.29 is 8.42 Å². The molecule has 1 saturated carbocycles. The summed E-state index contributed by atoms with van der Waals surface area (Å²) in [5.74, 6) is 0. The minimum atomic E-state index is -3.53. The molecule has 108 valence electrons. The minimum absolute atomic E-state index is 0.0456. The fourth-order valence-corrected chi connectivity index (χ4v) is 3.84. The lowest BCUT2D eigenvalue weighted by Gasteiger charge is -2.26. The van der Waals surface area contributed by atoms with E-state index in [1.165, 1.54) is 12.1 Å². The highest BCUT2D eigenvalue weighted by Gasteiger charge is 2.24. The first-order chi connectivity index (χ1) is 9.42. The van der Waals surface area contributed by atoms with Crippen molar-refractivity contribution in [3.8, 4) is 6.07 Å². The Morgan fingerprint density at radius 1 is 1.30 bits per heavy atom. The van der Waals surface area contributed by atoms with Gasteiger partial charge in [-0.3, -0.25) is 0 Å². The average Bonchev–Trinajstić information content (AvgIpc) is 2.41. The van der Waals surface area contributed by atoms with Gasteiger partial charge >= 0.3 is 0 Å². The van der Waals surface area contributed by atoms with Gasteiger partial charge < -0.3 is 5.73 Å². The standard InChI is InChI=1S/C14H19N3O2S/c1-10-8-14(7-2-11(10)9-15)20(18,19)17-13-5-3-12(16)4-6-13/h2,7-8,12-13,17H,3-6,16H2,1H3. The van der Waals surface area contributed by atoms with Crippen LogP contribution in [0.25, 0.3) is 0 Å². The Bertz CT molecular complexity index is 626. The number of nitriles is 1. The third-order valence-corrected chi connectivity index (χ3v) is 5.24. The third kappa shape index (κ3) is 3.37. The number of aryl methyl sites for hydroxylation is 1. The highest BCUT2D eigenvalue weighted by Crippen LogP contribution is 2.20. The Balaban J connectivity index is 2.14. The fraction of sp³-hybridized carbons (Fsp3) is 0.500. The van der Waals surface area contributed by atoms with Gasteiger partial charge in [-0.1, -0.05) is 0 Å². The van der Waals surface area contributed by atoms with Crippen molar-refractivity contribution >= 4 is 10.0 Å². The fourth-order valence-electron chi connectivity index (χ4n) is 2.45. The topological polar surface area (TPSA) is 96.0 Å². The van der Waals surface area contributed by atoms with Crippen molar-refractivity contribution in [1.82, 2.24) is 4.72 Å². The van der Waals surface area contributed by atoms with Crippen molar-refractivity contribution in [3.63, 3.8) is 0 Å².